The molecule has 1 aliphatic rings. The first-order chi connectivity index (χ1) is 7.65. The Morgan fingerprint density at radius 3 is 2.59 bits per heavy atom. The molecular formula is C13H19Cl2NO. The van der Waals surface area contributed by atoms with Gasteiger partial charge >= 0.3 is 0 Å². The highest BCUT2D eigenvalue weighted by molar-refractivity contribution is 6.33. The Bertz CT molecular complexity index is 389. The SMILES string of the molecule is CCOc1c(C2CC2)ccc([C@@H](C)N)c1Cl.Cl. The van der Waals surface area contributed by atoms with Gasteiger partial charge in [-0.05, 0) is 43.7 Å². The Labute approximate surface area is 114 Å². The zero-order chi connectivity index (χ0) is 11.7. The topological polar surface area (TPSA) is 35.2 Å². The molecular weight excluding hydrogens is 257 g/mol. The van der Waals surface area contributed by atoms with Crippen molar-refractivity contribution in [1.82, 2.24) is 0 Å². The summed E-state index contributed by atoms with van der Waals surface area (Å²) in [6.45, 7) is 4.56. The largest absolute Gasteiger partial charge is 0.492 e. The van der Waals surface area contributed by atoms with Crippen molar-refractivity contribution in [2.75, 3.05) is 6.61 Å². The maximum Gasteiger partial charge on any atom is 0.141 e. The molecule has 0 unspecified atom stereocenters. The van der Waals surface area contributed by atoms with E-state index < -0.39 is 0 Å². The Morgan fingerprint density at radius 2 is 2.12 bits per heavy atom. The van der Waals surface area contributed by atoms with Crippen molar-refractivity contribution in [2.45, 2.75) is 38.6 Å². The van der Waals surface area contributed by atoms with Crippen molar-refractivity contribution in [1.29, 1.82) is 0 Å². The van der Waals surface area contributed by atoms with Crippen LogP contribution in [0.1, 0.15) is 49.8 Å². The molecule has 17 heavy (non-hydrogen) atoms. The quantitative estimate of drug-likeness (QED) is 0.900. The van der Waals surface area contributed by atoms with Crippen molar-refractivity contribution < 1.29 is 4.74 Å². The summed E-state index contributed by atoms with van der Waals surface area (Å²) in [6, 6.07) is 4.09. The van der Waals surface area contributed by atoms with E-state index in [1.807, 2.05) is 19.9 Å². The molecule has 0 amide bonds. The van der Waals surface area contributed by atoms with Crippen LogP contribution in [0, 0.1) is 0 Å². The van der Waals surface area contributed by atoms with Crippen LogP contribution in [0.3, 0.4) is 0 Å². The number of rotatable bonds is 4. The lowest BCUT2D eigenvalue weighted by atomic mass is 10.0. The second-order valence-corrected chi connectivity index (χ2v) is 4.76. The molecule has 2 rings (SSSR count). The van der Waals surface area contributed by atoms with Gasteiger partial charge in [0.25, 0.3) is 0 Å². The molecule has 0 saturated heterocycles. The van der Waals surface area contributed by atoms with Crippen molar-refractivity contribution in [3.05, 3.63) is 28.3 Å². The summed E-state index contributed by atoms with van der Waals surface area (Å²) in [5.74, 6) is 1.49. The lowest BCUT2D eigenvalue weighted by molar-refractivity contribution is 0.336. The Kier molecular flexibility index (Phi) is 5.11. The summed E-state index contributed by atoms with van der Waals surface area (Å²) in [5.41, 5.74) is 8.10. The highest BCUT2D eigenvalue weighted by atomic mass is 35.5. The molecule has 1 fully saturated rings. The molecule has 0 radical (unpaired) electrons. The van der Waals surface area contributed by atoms with Crippen LogP contribution < -0.4 is 10.5 Å². The van der Waals surface area contributed by atoms with Crippen LogP contribution in [-0.2, 0) is 0 Å². The normalized spacial score (nSPS) is 16.2. The van der Waals surface area contributed by atoms with Crippen LogP contribution in [-0.4, -0.2) is 6.61 Å². The van der Waals surface area contributed by atoms with E-state index >= 15 is 0 Å². The number of hydrogen-bond acceptors (Lipinski definition) is 2. The second-order valence-electron chi connectivity index (χ2n) is 4.38. The van der Waals surface area contributed by atoms with Crippen LogP contribution in [0.25, 0.3) is 0 Å². The van der Waals surface area contributed by atoms with E-state index in [1.54, 1.807) is 0 Å². The number of halogens is 2. The molecule has 1 aromatic carbocycles. The summed E-state index contributed by atoms with van der Waals surface area (Å²) in [5, 5.41) is 0.696. The number of benzene rings is 1. The molecule has 1 atom stereocenters. The predicted molar refractivity (Wildman–Crippen MR) is 74.4 cm³/mol. The molecule has 0 bridgehead atoms. The van der Waals surface area contributed by atoms with Gasteiger partial charge in [-0.1, -0.05) is 23.7 Å². The van der Waals surface area contributed by atoms with Gasteiger partial charge in [0.2, 0.25) is 0 Å². The van der Waals surface area contributed by atoms with E-state index in [1.165, 1.54) is 18.4 Å². The summed E-state index contributed by atoms with van der Waals surface area (Å²) in [7, 11) is 0. The molecule has 0 spiro atoms. The average Bonchev–Trinajstić information content (AvgIpc) is 3.04. The van der Waals surface area contributed by atoms with Gasteiger partial charge in [0.15, 0.2) is 0 Å². The molecule has 1 saturated carbocycles. The van der Waals surface area contributed by atoms with Gasteiger partial charge in [0, 0.05) is 6.04 Å². The van der Waals surface area contributed by atoms with E-state index in [-0.39, 0.29) is 18.4 Å². The van der Waals surface area contributed by atoms with Gasteiger partial charge in [0.1, 0.15) is 5.75 Å². The Balaban J connectivity index is 0.00000144. The minimum absolute atomic E-state index is 0. The third-order valence-corrected chi connectivity index (χ3v) is 3.34. The van der Waals surface area contributed by atoms with E-state index in [0.29, 0.717) is 17.5 Å². The van der Waals surface area contributed by atoms with E-state index in [0.717, 1.165) is 11.3 Å². The summed E-state index contributed by atoms with van der Waals surface area (Å²) < 4.78 is 5.67. The maximum atomic E-state index is 6.35. The first-order valence-electron chi connectivity index (χ1n) is 5.85. The van der Waals surface area contributed by atoms with Gasteiger partial charge in [-0.3, -0.25) is 0 Å². The Hall–Kier alpha value is -0.440. The summed E-state index contributed by atoms with van der Waals surface area (Å²) in [6.07, 6.45) is 2.49. The van der Waals surface area contributed by atoms with Crippen molar-refractivity contribution in [3.63, 3.8) is 0 Å². The van der Waals surface area contributed by atoms with E-state index in [2.05, 4.69) is 6.07 Å². The Morgan fingerprint density at radius 1 is 1.47 bits per heavy atom. The third-order valence-electron chi connectivity index (χ3n) is 2.95. The zero-order valence-electron chi connectivity index (χ0n) is 10.2. The molecule has 1 aliphatic carbocycles. The predicted octanol–water partition coefficient (Wildman–Crippen LogP) is 4.06. The van der Waals surface area contributed by atoms with E-state index in [4.69, 9.17) is 22.1 Å². The smallest absolute Gasteiger partial charge is 0.141 e. The van der Waals surface area contributed by atoms with Crippen molar-refractivity contribution in [2.24, 2.45) is 5.73 Å². The van der Waals surface area contributed by atoms with Gasteiger partial charge < -0.3 is 10.5 Å². The molecule has 1 aromatic rings. The number of hydrogen-bond donors (Lipinski definition) is 1. The van der Waals surface area contributed by atoms with Gasteiger partial charge in [-0.15, -0.1) is 12.4 Å². The molecule has 0 aromatic heterocycles. The van der Waals surface area contributed by atoms with Crippen LogP contribution in [0.4, 0.5) is 0 Å². The fraction of sp³-hybridized carbons (Fsp3) is 0.538. The highest BCUT2D eigenvalue weighted by Crippen LogP contribution is 2.47. The molecule has 0 heterocycles. The van der Waals surface area contributed by atoms with Crippen LogP contribution in [0.5, 0.6) is 5.75 Å². The number of ether oxygens (including phenoxy) is 1. The monoisotopic (exact) mass is 275 g/mol. The van der Waals surface area contributed by atoms with Gasteiger partial charge in [-0.2, -0.15) is 0 Å². The van der Waals surface area contributed by atoms with Crippen LogP contribution in [0.2, 0.25) is 5.02 Å². The van der Waals surface area contributed by atoms with Gasteiger partial charge in [-0.25, -0.2) is 0 Å². The standard InChI is InChI=1S/C13H18ClNO.ClH/c1-3-16-13-11(9-4-5-9)7-6-10(8(2)15)12(13)14;/h6-9H,3-5,15H2,1-2H3;1H/t8-;/m1./s1. The molecule has 2 nitrogen and oxygen atoms in total. The molecule has 0 aliphatic heterocycles. The average molecular weight is 276 g/mol. The lowest BCUT2D eigenvalue weighted by Gasteiger charge is -2.16. The molecule has 2 N–H and O–H groups in total. The fourth-order valence-corrected chi connectivity index (χ4v) is 2.34. The molecule has 4 heteroatoms. The van der Waals surface area contributed by atoms with E-state index in [9.17, 15) is 0 Å². The second kappa shape index (κ2) is 5.94. The van der Waals surface area contributed by atoms with Crippen LogP contribution >= 0.6 is 24.0 Å². The van der Waals surface area contributed by atoms with Gasteiger partial charge in [0.05, 0.1) is 11.6 Å². The summed E-state index contributed by atoms with van der Waals surface area (Å²) >= 11 is 6.35. The first-order valence-corrected chi connectivity index (χ1v) is 6.23. The zero-order valence-corrected chi connectivity index (χ0v) is 11.8. The minimum Gasteiger partial charge on any atom is -0.492 e. The van der Waals surface area contributed by atoms with Crippen LogP contribution in [0.15, 0.2) is 12.1 Å². The van der Waals surface area contributed by atoms with Crippen molar-refractivity contribution >= 4 is 24.0 Å². The number of nitrogens with two attached hydrogens (primary N) is 1. The fourth-order valence-electron chi connectivity index (χ4n) is 1.94. The lowest BCUT2D eigenvalue weighted by Crippen LogP contribution is -2.07. The third kappa shape index (κ3) is 3.06. The van der Waals surface area contributed by atoms with Crippen molar-refractivity contribution in [3.8, 4) is 5.75 Å². The first kappa shape index (κ1) is 14.6. The highest BCUT2D eigenvalue weighted by Gasteiger charge is 2.29. The maximum absolute atomic E-state index is 6.35. The molecule has 96 valence electrons. The minimum atomic E-state index is -0.0556. The summed E-state index contributed by atoms with van der Waals surface area (Å²) in [4.78, 5) is 0.